The lowest BCUT2D eigenvalue weighted by Crippen LogP contribution is -2.65. The second kappa shape index (κ2) is 7.62. The van der Waals surface area contributed by atoms with Crippen molar-refractivity contribution in [3.63, 3.8) is 0 Å². The minimum Gasteiger partial charge on any atom is -0.390 e. The number of nitrogens with zero attached hydrogens (tertiary/aromatic N) is 1. The second-order valence-corrected chi connectivity index (χ2v) is 7.46. The number of aliphatic hydroxyl groups excluding tert-OH is 1. The van der Waals surface area contributed by atoms with Crippen molar-refractivity contribution in [2.75, 3.05) is 19.7 Å². The van der Waals surface area contributed by atoms with Crippen molar-refractivity contribution in [2.24, 2.45) is 11.7 Å². The van der Waals surface area contributed by atoms with Crippen LogP contribution in [0, 0.1) is 5.92 Å². The molecule has 5 atom stereocenters. The lowest BCUT2D eigenvalue weighted by Gasteiger charge is -2.46. The Bertz CT molecular complexity index is 620. The molecule has 7 nitrogen and oxygen atoms in total. The van der Waals surface area contributed by atoms with Crippen LogP contribution < -0.4 is 11.1 Å². The van der Waals surface area contributed by atoms with Crippen molar-refractivity contribution in [1.82, 2.24) is 10.2 Å². The van der Waals surface area contributed by atoms with Crippen LogP contribution in [0.15, 0.2) is 30.3 Å². The van der Waals surface area contributed by atoms with E-state index in [9.17, 15) is 9.90 Å². The molecule has 3 aliphatic rings. The molecule has 2 bridgehead atoms. The number of carbonyl (C=O) groups excluding carboxylic acids is 1. The van der Waals surface area contributed by atoms with Crippen molar-refractivity contribution in [1.29, 1.82) is 0 Å². The third-order valence-corrected chi connectivity index (χ3v) is 5.87. The molecule has 1 aromatic rings. The summed E-state index contributed by atoms with van der Waals surface area (Å²) in [5.74, 6) is -0.304. The van der Waals surface area contributed by atoms with E-state index in [1.165, 1.54) is 5.56 Å². The highest BCUT2D eigenvalue weighted by atomic mass is 16.7. The van der Waals surface area contributed by atoms with Crippen molar-refractivity contribution in [3.8, 4) is 0 Å². The number of aliphatic hydroxyl groups is 1. The zero-order chi connectivity index (χ0) is 18.1. The summed E-state index contributed by atoms with van der Waals surface area (Å²) in [6.07, 6.45) is 0.302. The van der Waals surface area contributed by atoms with Gasteiger partial charge in [-0.25, -0.2) is 0 Å². The van der Waals surface area contributed by atoms with Crippen LogP contribution in [-0.2, 0) is 20.8 Å². The second-order valence-electron chi connectivity index (χ2n) is 7.46. The Morgan fingerprint density at radius 1 is 1.27 bits per heavy atom. The van der Waals surface area contributed by atoms with Crippen LogP contribution in [0.5, 0.6) is 0 Å². The molecule has 0 aromatic heterocycles. The van der Waals surface area contributed by atoms with E-state index < -0.39 is 12.4 Å². The third-order valence-electron chi connectivity index (χ3n) is 5.87. The summed E-state index contributed by atoms with van der Waals surface area (Å²) >= 11 is 0. The van der Waals surface area contributed by atoms with Gasteiger partial charge < -0.3 is 25.6 Å². The number of nitrogens with one attached hydrogen (secondary N) is 1. The maximum Gasteiger partial charge on any atom is 0.220 e. The lowest BCUT2D eigenvalue weighted by atomic mass is 9.90. The Morgan fingerprint density at radius 3 is 2.69 bits per heavy atom. The highest BCUT2D eigenvalue weighted by Crippen LogP contribution is 2.33. The zero-order valence-corrected chi connectivity index (χ0v) is 14.8. The first-order valence-electron chi connectivity index (χ1n) is 9.39. The smallest absolute Gasteiger partial charge is 0.220 e. The maximum atomic E-state index is 11.4. The van der Waals surface area contributed by atoms with E-state index in [1.54, 1.807) is 0 Å². The number of ether oxygens (including phenoxy) is 2. The molecule has 142 valence electrons. The van der Waals surface area contributed by atoms with E-state index in [2.05, 4.69) is 22.3 Å². The van der Waals surface area contributed by atoms with Gasteiger partial charge in [-0.15, -0.1) is 0 Å². The highest BCUT2D eigenvalue weighted by molar-refractivity contribution is 5.76. The molecule has 3 saturated heterocycles. The Labute approximate surface area is 153 Å². The van der Waals surface area contributed by atoms with Crippen molar-refractivity contribution >= 4 is 5.91 Å². The fraction of sp³-hybridized carbons (Fsp3) is 0.632. The van der Waals surface area contributed by atoms with Crippen LogP contribution in [0.3, 0.4) is 0 Å². The van der Waals surface area contributed by atoms with Gasteiger partial charge in [0.25, 0.3) is 0 Å². The van der Waals surface area contributed by atoms with Gasteiger partial charge in [-0.05, 0) is 31.5 Å². The number of carbonyl (C=O) groups is 1. The Morgan fingerprint density at radius 2 is 2.00 bits per heavy atom. The molecule has 1 amide bonds. The summed E-state index contributed by atoms with van der Waals surface area (Å²) in [5, 5.41) is 14.5. The number of piperidine rings is 1. The molecule has 3 fully saturated rings. The number of primary amides is 1. The van der Waals surface area contributed by atoms with Gasteiger partial charge in [0.2, 0.25) is 5.91 Å². The summed E-state index contributed by atoms with van der Waals surface area (Å²) < 4.78 is 11.8. The first-order valence-corrected chi connectivity index (χ1v) is 9.39. The fourth-order valence-corrected chi connectivity index (χ4v) is 4.36. The fourth-order valence-electron chi connectivity index (χ4n) is 4.36. The zero-order valence-electron chi connectivity index (χ0n) is 14.8. The van der Waals surface area contributed by atoms with Gasteiger partial charge in [-0.1, -0.05) is 30.3 Å². The predicted molar refractivity (Wildman–Crippen MR) is 95.0 cm³/mol. The standard InChI is InChI=1S/C19H27N3O4/c20-18(24)13-6-8-22(9-7-13)16-17(23)15(14-11-25-19(16)26-14)21-10-12-4-2-1-3-5-12/h1-5,13-17,19,21,23H,6-11H2,(H2,20,24)/t14-,15-,16-,17+,19-/m1/s1. The normalized spacial score (nSPS) is 35.5. The largest absolute Gasteiger partial charge is 0.390 e. The molecular weight excluding hydrogens is 334 g/mol. The van der Waals surface area contributed by atoms with Gasteiger partial charge in [0.15, 0.2) is 6.29 Å². The van der Waals surface area contributed by atoms with E-state index in [0.29, 0.717) is 26.2 Å². The number of hydrogen-bond acceptors (Lipinski definition) is 6. The van der Waals surface area contributed by atoms with Gasteiger partial charge in [0.05, 0.1) is 24.8 Å². The molecule has 3 aliphatic heterocycles. The maximum absolute atomic E-state index is 11.4. The molecule has 1 aromatic carbocycles. The molecule has 0 saturated carbocycles. The summed E-state index contributed by atoms with van der Waals surface area (Å²) in [7, 11) is 0. The molecule has 7 heteroatoms. The lowest BCUT2D eigenvalue weighted by molar-refractivity contribution is -0.186. The molecule has 4 N–H and O–H groups in total. The average Bonchev–Trinajstić information content (AvgIpc) is 3.08. The molecule has 3 heterocycles. The number of hydrogen-bond donors (Lipinski definition) is 3. The number of fused-ring (bicyclic) bond motifs is 2. The van der Waals surface area contributed by atoms with Gasteiger partial charge in [-0.2, -0.15) is 0 Å². The van der Waals surface area contributed by atoms with Crippen molar-refractivity contribution in [3.05, 3.63) is 35.9 Å². The van der Waals surface area contributed by atoms with Gasteiger partial charge >= 0.3 is 0 Å². The molecular formula is C19H27N3O4. The summed E-state index contributed by atoms with van der Waals surface area (Å²) in [5.41, 5.74) is 6.60. The number of benzene rings is 1. The molecule has 0 aliphatic carbocycles. The Balaban J connectivity index is 1.42. The summed E-state index contributed by atoms with van der Waals surface area (Å²) in [6.45, 7) is 2.59. The minimum absolute atomic E-state index is 0.0721. The number of amides is 1. The topological polar surface area (TPSA) is 97.1 Å². The van der Waals surface area contributed by atoms with Crippen molar-refractivity contribution in [2.45, 2.75) is 50.0 Å². The first-order chi connectivity index (χ1) is 12.6. The molecule has 26 heavy (non-hydrogen) atoms. The Kier molecular flexibility index (Phi) is 5.24. The van der Waals surface area contributed by atoms with Crippen molar-refractivity contribution < 1.29 is 19.4 Å². The average molecular weight is 361 g/mol. The van der Waals surface area contributed by atoms with E-state index >= 15 is 0 Å². The van der Waals surface area contributed by atoms with E-state index in [4.69, 9.17) is 15.2 Å². The van der Waals surface area contributed by atoms with Gasteiger partial charge in [0, 0.05) is 12.5 Å². The minimum atomic E-state index is -0.588. The molecule has 4 rings (SSSR count). The van der Waals surface area contributed by atoms with E-state index in [0.717, 1.165) is 12.8 Å². The predicted octanol–water partition coefficient (Wildman–Crippen LogP) is -0.173. The van der Waals surface area contributed by atoms with Crippen LogP contribution in [0.1, 0.15) is 18.4 Å². The molecule has 0 spiro atoms. The molecule has 0 radical (unpaired) electrons. The number of likely N-dealkylation sites (tertiary alicyclic amines) is 1. The van der Waals surface area contributed by atoms with Gasteiger partial charge in [0.1, 0.15) is 6.10 Å². The SMILES string of the molecule is NC(=O)C1CCN([C@H]2[C@@H]3OC[C@@H](O3)[C@@H](NCc3ccccc3)[C@@H]2O)CC1. The summed E-state index contributed by atoms with van der Waals surface area (Å²) in [6, 6.07) is 9.70. The van der Waals surface area contributed by atoms with E-state index in [-0.39, 0.29) is 30.0 Å². The van der Waals surface area contributed by atoms with Gasteiger partial charge in [-0.3, -0.25) is 9.69 Å². The number of rotatable bonds is 5. The summed E-state index contributed by atoms with van der Waals surface area (Å²) in [4.78, 5) is 13.6. The van der Waals surface area contributed by atoms with Crippen LogP contribution in [0.25, 0.3) is 0 Å². The van der Waals surface area contributed by atoms with Crippen LogP contribution in [0.2, 0.25) is 0 Å². The van der Waals surface area contributed by atoms with Crippen LogP contribution >= 0.6 is 0 Å². The Hall–Kier alpha value is -1.51. The monoisotopic (exact) mass is 361 g/mol. The van der Waals surface area contributed by atoms with E-state index in [1.807, 2.05) is 18.2 Å². The van der Waals surface area contributed by atoms with Crippen LogP contribution in [0.4, 0.5) is 0 Å². The molecule has 0 unspecified atom stereocenters. The third kappa shape index (κ3) is 3.50. The highest BCUT2D eigenvalue weighted by Gasteiger charge is 2.52. The number of nitrogens with two attached hydrogens (primary N) is 1. The first kappa shape index (κ1) is 17.9. The quantitative estimate of drug-likeness (QED) is 0.674. The van der Waals surface area contributed by atoms with Crippen LogP contribution in [-0.4, -0.2) is 66.2 Å².